The first kappa shape index (κ1) is 13.6. The van der Waals surface area contributed by atoms with Gasteiger partial charge in [-0.25, -0.2) is 4.67 Å². The molecule has 0 aliphatic carbocycles. The molecule has 1 aliphatic rings. The third kappa shape index (κ3) is 2.13. The Bertz CT molecular complexity index is 651. The zero-order chi connectivity index (χ0) is 14.2. The molecule has 3 rings (SSSR count). The van der Waals surface area contributed by atoms with E-state index in [1.165, 1.54) is 11.1 Å². The molecule has 0 amide bonds. The second kappa shape index (κ2) is 5.20. The van der Waals surface area contributed by atoms with Gasteiger partial charge in [0, 0.05) is 24.1 Å². The normalized spacial score (nSPS) is 22.1. The maximum Gasteiger partial charge on any atom is 0.182 e. The number of hydrogen-bond acceptors (Lipinski definition) is 1. The van der Waals surface area contributed by atoms with Gasteiger partial charge in [-0.3, -0.25) is 0 Å². The van der Waals surface area contributed by atoms with E-state index in [4.69, 9.17) is 0 Å². The predicted octanol–water partition coefficient (Wildman–Crippen LogP) is 4.01. The number of fused-ring (bicyclic) bond motifs is 1. The summed E-state index contributed by atoms with van der Waals surface area (Å²) in [4.78, 5) is 0. The minimum Gasteiger partial charge on any atom is -0.301 e. The molecule has 1 heterocycles. The monoisotopic (exact) mass is 285 g/mol. The van der Waals surface area contributed by atoms with Gasteiger partial charge in [-0.15, -0.1) is 0 Å². The lowest BCUT2D eigenvalue weighted by atomic mass is 10.2. The van der Waals surface area contributed by atoms with Crippen molar-refractivity contribution in [1.82, 2.24) is 4.67 Å². The van der Waals surface area contributed by atoms with Crippen molar-refractivity contribution in [2.45, 2.75) is 32.6 Å². The van der Waals surface area contributed by atoms with Crippen LogP contribution in [0.25, 0.3) is 0 Å². The van der Waals surface area contributed by atoms with Crippen molar-refractivity contribution in [3.05, 3.63) is 65.7 Å². The highest BCUT2D eigenvalue weighted by Crippen LogP contribution is 2.58. The summed E-state index contributed by atoms with van der Waals surface area (Å²) in [6.07, 6.45) is 0. The fourth-order valence-corrected chi connectivity index (χ4v) is 6.08. The van der Waals surface area contributed by atoms with Gasteiger partial charge in [0.2, 0.25) is 0 Å². The van der Waals surface area contributed by atoms with Crippen molar-refractivity contribution in [1.29, 1.82) is 0 Å². The lowest BCUT2D eigenvalue weighted by Gasteiger charge is -2.28. The van der Waals surface area contributed by atoms with Gasteiger partial charge < -0.3 is 4.57 Å². The van der Waals surface area contributed by atoms with Crippen molar-refractivity contribution >= 4 is 12.6 Å². The van der Waals surface area contributed by atoms with E-state index in [0.29, 0.717) is 0 Å². The molecule has 1 aliphatic heterocycles. The molecule has 0 saturated carbocycles. The smallest absolute Gasteiger partial charge is 0.182 e. The van der Waals surface area contributed by atoms with E-state index >= 15 is 0 Å². The Kier molecular flexibility index (Phi) is 3.54. The van der Waals surface area contributed by atoms with Gasteiger partial charge in [0.25, 0.3) is 0 Å². The summed E-state index contributed by atoms with van der Waals surface area (Å²) >= 11 is 0. The van der Waals surface area contributed by atoms with E-state index in [0.717, 1.165) is 18.4 Å². The molecule has 1 atom stereocenters. The molecule has 2 aromatic carbocycles. The lowest BCUT2D eigenvalue weighted by molar-refractivity contribution is 0.413. The highest BCUT2D eigenvalue weighted by Gasteiger charge is 2.42. The molecule has 0 spiro atoms. The second-order valence-corrected chi connectivity index (χ2v) is 8.98. The Morgan fingerprint density at radius 3 is 2.40 bits per heavy atom. The van der Waals surface area contributed by atoms with Gasteiger partial charge in [0.05, 0.1) is 0 Å². The van der Waals surface area contributed by atoms with Crippen molar-refractivity contribution in [2.75, 3.05) is 0 Å². The summed E-state index contributed by atoms with van der Waals surface area (Å²) in [5.41, 5.74) is 2.59. The molecule has 0 aromatic heterocycles. The van der Waals surface area contributed by atoms with Crippen molar-refractivity contribution in [3.63, 3.8) is 0 Å². The molecule has 2 aromatic rings. The molecule has 1 unspecified atom stereocenters. The Hall–Kier alpha value is -1.37. The summed E-state index contributed by atoms with van der Waals surface area (Å²) in [7, 11) is -2.47. The Morgan fingerprint density at radius 1 is 1.05 bits per heavy atom. The molecular weight excluding hydrogens is 265 g/mol. The molecule has 0 saturated heterocycles. The Morgan fingerprint density at radius 2 is 1.70 bits per heavy atom. The molecule has 3 heteroatoms. The predicted molar refractivity (Wildman–Crippen MR) is 84.5 cm³/mol. The van der Waals surface area contributed by atoms with E-state index in [-0.39, 0.29) is 5.66 Å². The number of hydrogen-bond donors (Lipinski definition) is 0. The first-order chi connectivity index (χ1) is 9.62. The molecule has 104 valence electrons. The van der Waals surface area contributed by atoms with Crippen LogP contribution in [0.3, 0.4) is 0 Å². The van der Waals surface area contributed by atoms with Crippen LogP contribution in [0.4, 0.5) is 0 Å². The second-order valence-electron chi connectivity index (χ2n) is 5.65. The summed E-state index contributed by atoms with van der Waals surface area (Å²) < 4.78 is 15.8. The maximum atomic E-state index is 13.6. The summed E-state index contributed by atoms with van der Waals surface area (Å²) in [5.74, 6) is 0. The zero-order valence-electron chi connectivity index (χ0n) is 12.0. The average molecular weight is 285 g/mol. The van der Waals surface area contributed by atoms with Gasteiger partial charge in [-0.2, -0.15) is 0 Å². The Labute approximate surface area is 120 Å². The summed E-state index contributed by atoms with van der Waals surface area (Å²) in [6.45, 7) is 5.69. The summed E-state index contributed by atoms with van der Waals surface area (Å²) in [6, 6.07) is 18.5. The quantitative estimate of drug-likeness (QED) is 0.794. The molecule has 0 radical (unpaired) electrons. The van der Waals surface area contributed by atoms with E-state index in [1.807, 2.05) is 36.4 Å². The van der Waals surface area contributed by atoms with Gasteiger partial charge in [-0.1, -0.05) is 62.4 Å². The van der Waals surface area contributed by atoms with Crippen LogP contribution in [0.15, 0.2) is 54.6 Å². The van der Waals surface area contributed by atoms with Gasteiger partial charge >= 0.3 is 0 Å². The molecule has 0 N–H and O–H groups in total. The van der Waals surface area contributed by atoms with E-state index < -0.39 is 7.29 Å². The van der Waals surface area contributed by atoms with Gasteiger partial charge in [-0.05, 0) is 17.2 Å². The largest absolute Gasteiger partial charge is 0.301 e. The third-order valence-corrected chi connectivity index (χ3v) is 7.67. The molecule has 0 fully saturated rings. The SMILES string of the molecule is CC(C)P1(=O)c2ccccc2CN1Cc1ccccc1. The van der Waals surface area contributed by atoms with Crippen LogP contribution in [0, 0.1) is 0 Å². The van der Waals surface area contributed by atoms with E-state index in [1.54, 1.807) is 0 Å². The third-order valence-electron chi connectivity index (χ3n) is 4.02. The van der Waals surface area contributed by atoms with Crippen molar-refractivity contribution < 1.29 is 4.57 Å². The van der Waals surface area contributed by atoms with E-state index in [9.17, 15) is 4.57 Å². The van der Waals surface area contributed by atoms with Gasteiger partial charge in [0.15, 0.2) is 7.29 Å². The van der Waals surface area contributed by atoms with Crippen LogP contribution in [0.1, 0.15) is 25.0 Å². The minimum atomic E-state index is -2.47. The first-order valence-electron chi connectivity index (χ1n) is 7.10. The molecular formula is C17H20NOP. The van der Waals surface area contributed by atoms with Crippen LogP contribution in [0.5, 0.6) is 0 Å². The summed E-state index contributed by atoms with van der Waals surface area (Å²) in [5, 5.41) is 1.06. The number of benzene rings is 2. The maximum absolute atomic E-state index is 13.6. The van der Waals surface area contributed by atoms with Crippen LogP contribution < -0.4 is 5.30 Å². The standard InChI is InChI=1S/C17H20NOP/c1-14(2)20(19)17-11-7-6-10-16(17)13-18(20)12-15-8-4-3-5-9-15/h3-11,14H,12-13H2,1-2H3. The molecule has 0 bridgehead atoms. The Balaban J connectivity index is 1.99. The topological polar surface area (TPSA) is 20.3 Å². The van der Waals surface area contributed by atoms with Crippen LogP contribution >= 0.6 is 7.29 Å². The highest BCUT2D eigenvalue weighted by atomic mass is 31.2. The zero-order valence-corrected chi connectivity index (χ0v) is 12.9. The fraction of sp³-hybridized carbons (Fsp3) is 0.294. The molecule has 2 nitrogen and oxygen atoms in total. The lowest BCUT2D eigenvalue weighted by Crippen LogP contribution is -2.22. The number of rotatable bonds is 3. The van der Waals surface area contributed by atoms with E-state index in [2.05, 4.69) is 36.7 Å². The van der Waals surface area contributed by atoms with Crippen molar-refractivity contribution in [3.8, 4) is 0 Å². The highest BCUT2D eigenvalue weighted by molar-refractivity contribution is 7.70. The van der Waals surface area contributed by atoms with Crippen molar-refractivity contribution in [2.24, 2.45) is 0 Å². The van der Waals surface area contributed by atoms with Crippen LogP contribution in [-0.4, -0.2) is 10.3 Å². The number of nitrogens with zero attached hydrogens (tertiary/aromatic N) is 1. The average Bonchev–Trinajstić information content (AvgIpc) is 2.75. The van der Waals surface area contributed by atoms with Gasteiger partial charge in [0.1, 0.15) is 0 Å². The first-order valence-corrected chi connectivity index (χ1v) is 8.83. The van der Waals surface area contributed by atoms with Crippen LogP contribution in [0.2, 0.25) is 0 Å². The minimum absolute atomic E-state index is 0.148. The van der Waals surface area contributed by atoms with Crippen LogP contribution in [-0.2, 0) is 17.7 Å². The fourth-order valence-electron chi connectivity index (χ4n) is 2.97. The molecule has 20 heavy (non-hydrogen) atoms.